The fourth-order valence-electron chi connectivity index (χ4n) is 1.90. The van der Waals surface area contributed by atoms with Crippen molar-refractivity contribution >= 4 is 39.5 Å². The number of thioether (sulfide) groups is 1. The van der Waals surface area contributed by atoms with Crippen molar-refractivity contribution in [3.8, 4) is 0 Å². The third-order valence-electron chi connectivity index (χ3n) is 3.25. The van der Waals surface area contributed by atoms with Crippen molar-refractivity contribution in [3.05, 3.63) is 53.7 Å². The third kappa shape index (κ3) is 4.75. The van der Waals surface area contributed by atoms with E-state index in [1.165, 1.54) is 6.92 Å². The van der Waals surface area contributed by atoms with Gasteiger partial charge in [-0.15, -0.1) is 0 Å². The predicted molar refractivity (Wildman–Crippen MR) is 97.7 cm³/mol. The largest absolute Gasteiger partial charge is 0.293 e. The fraction of sp³-hybridized carbons (Fsp3) is 0.235. The lowest BCUT2D eigenvalue weighted by Crippen LogP contribution is -2.21. The summed E-state index contributed by atoms with van der Waals surface area (Å²) in [7, 11) is 0.287. The summed E-state index contributed by atoms with van der Waals surface area (Å²) in [5, 5.41) is -0.0895. The number of aryl methyl sites for hydroxylation is 1. The van der Waals surface area contributed by atoms with Crippen LogP contribution in [0.4, 0.5) is 5.82 Å². The molecule has 1 aromatic carbocycles. The van der Waals surface area contributed by atoms with Crippen molar-refractivity contribution in [1.29, 1.82) is 0 Å². The van der Waals surface area contributed by atoms with E-state index >= 15 is 0 Å². The molecule has 0 aliphatic heterocycles. The van der Waals surface area contributed by atoms with E-state index in [-0.39, 0.29) is 16.7 Å². The number of carbonyl (C=O) groups excluding carboxylic acids is 2. The van der Waals surface area contributed by atoms with E-state index < -0.39 is 11.0 Å². The molecule has 0 bridgehead atoms. The van der Waals surface area contributed by atoms with E-state index in [9.17, 15) is 13.8 Å². The first-order chi connectivity index (χ1) is 11.4. The first-order valence-corrected chi connectivity index (χ1v) is 9.32. The molecule has 0 spiro atoms. The van der Waals surface area contributed by atoms with E-state index in [1.54, 1.807) is 41.8 Å². The van der Waals surface area contributed by atoms with Gasteiger partial charge >= 0.3 is 0 Å². The second-order valence-corrected chi connectivity index (χ2v) is 7.84. The molecule has 2 rings (SSSR count). The number of aromatic nitrogens is 1. The highest BCUT2D eigenvalue weighted by Gasteiger charge is 2.14. The molecule has 0 amide bonds. The zero-order chi connectivity index (χ0) is 17.7. The van der Waals surface area contributed by atoms with Gasteiger partial charge in [0.25, 0.3) is 0 Å². The molecule has 0 aliphatic rings. The van der Waals surface area contributed by atoms with E-state index in [2.05, 4.69) is 4.98 Å². The summed E-state index contributed by atoms with van der Waals surface area (Å²) >= 11 is 0.983. The number of rotatable bonds is 6. The van der Waals surface area contributed by atoms with Gasteiger partial charge in [0.2, 0.25) is 0 Å². The Hall–Kier alpha value is -1.99. The number of nitrogens with zero attached hydrogens (tertiary/aromatic N) is 2. The SMILES string of the molecule is CC(=O)SCC(=O)c1ccc(S(=O)N(C)c2ccc(C)cn2)cc1. The van der Waals surface area contributed by atoms with Gasteiger partial charge in [0.15, 0.2) is 21.9 Å². The Bertz CT molecular complexity index is 758. The van der Waals surface area contributed by atoms with Crippen molar-refractivity contribution in [1.82, 2.24) is 4.98 Å². The van der Waals surface area contributed by atoms with E-state index in [0.717, 1.165) is 17.3 Å². The summed E-state index contributed by atoms with van der Waals surface area (Å²) in [5.41, 5.74) is 1.53. The lowest BCUT2D eigenvalue weighted by molar-refractivity contribution is -0.109. The van der Waals surface area contributed by atoms with Crippen LogP contribution in [0.15, 0.2) is 47.5 Å². The van der Waals surface area contributed by atoms with Gasteiger partial charge in [0.1, 0.15) is 5.82 Å². The molecule has 2 aromatic rings. The van der Waals surface area contributed by atoms with Gasteiger partial charge in [0.05, 0.1) is 10.6 Å². The summed E-state index contributed by atoms with van der Waals surface area (Å²) in [6.07, 6.45) is 1.72. The Balaban J connectivity index is 2.09. The number of Topliss-reactive ketones (excluding diaryl/α,β-unsaturated/α-hetero) is 1. The molecule has 1 unspecified atom stereocenters. The van der Waals surface area contributed by atoms with Crippen LogP contribution >= 0.6 is 11.8 Å². The minimum Gasteiger partial charge on any atom is -0.293 e. The predicted octanol–water partition coefficient (Wildman–Crippen LogP) is 3.01. The van der Waals surface area contributed by atoms with E-state index in [4.69, 9.17) is 0 Å². The number of ketones is 1. The number of pyridine rings is 1. The molecular formula is C17H18N2O3S2. The Morgan fingerprint density at radius 2 is 1.83 bits per heavy atom. The molecule has 0 saturated carbocycles. The third-order valence-corrected chi connectivity index (χ3v) is 5.42. The van der Waals surface area contributed by atoms with Crippen LogP contribution in [0.2, 0.25) is 0 Å². The maximum Gasteiger partial charge on any atom is 0.186 e. The zero-order valence-electron chi connectivity index (χ0n) is 13.7. The molecule has 0 aliphatic carbocycles. The van der Waals surface area contributed by atoms with Crippen LogP contribution in [0.3, 0.4) is 0 Å². The van der Waals surface area contributed by atoms with Crippen LogP contribution in [0, 0.1) is 6.92 Å². The molecule has 0 radical (unpaired) electrons. The molecule has 0 saturated heterocycles. The molecule has 1 aromatic heterocycles. The first kappa shape index (κ1) is 18.4. The quantitative estimate of drug-likeness (QED) is 0.739. The van der Waals surface area contributed by atoms with E-state index in [0.29, 0.717) is 16.3 Å². The second kappa shape index (κ2) is 8.21. The van der Waals surface area contributed by atoms with Crippen molar-refractivity contribution in [2.24, 2.45) is 0 Å². The molecule has 7 heteroatoms. The number of carbonyl (C=O) groups is 2. The molecule has 5 nitrogen and oxygen atoms in total. The van der Waals surface area contributed by atoms with Crippen molar-refractivity contribution in [3.63, 3.8) is 0 Å². The summed E-state index contributed by atoms with van der Waals surface area (Å²) in [6.45, 7) is 3.37. The molecule has 0 N–H and O–H groups in total. The average molecular weight is 362 g/mol. The summed E-state index contributed by atoms with van der Waals surface area (Å²) in [4.78, 5) is 27.7. The molecule has 1 heterocycles. The molecule has 0 fully saturated rings. The van der Waals surface area contributed by atoms with E-state index in [1.807, 2.05) is 19.1 Å². The van der Waals surface area contributed by atoms with Gasteiger partial charge in [-0.1, -0.05) is 30.0 Å². The van der Waals surface area contributed by atoms with Gasteiger partial charge in [0, 0.05) is 25.7 Å². The highest BCUT2D eigenvalue weighted by Crippen LogP contribution is 2.18. The topological polar surface area (TPSA) is 67.3 Å². The summed E-state index contributed by atoms with van der Waals surface area (Å²) in [6, 6.07) is 10.3. The maximum atomic E-state index is 12.6. The van der Waals surface area contributed by atoms with Gasteiger partial charge in [-0.25, -0.2) is 9.19 Å². The smallest absolute Gasteiger partial charge is 0.186 e. The lowest BCUT2D eigenvalue weighted by atomic mass is 10.1. The second-order valence-electron chi connectivity index (χ2n) is 5.17. The number of anilines is 1. The van der Waals surface area contributed by atoms with Crippen molar-refractivity contribution in [2.75, 3.05) is 17.1 Å². The Morgan fingerprint density at radius 1 is 1.17 bits per heavy atom. The minimum atomic E-state index is -1.42. The first-order valence-electron chi connectivity index (χ1n) is 7.23. The van der Waals surface area contributed by atoms with Crippen LogP contribution in [-0.4, -0.2) is 32.9 Å². The van der Waals surface area contributed by atoms with Gasteiger partial charge < -0.3 is 0 Å². The average Bonchev–Trinajstić information content (AvgIpc) is 2.59. The Kier molecular flexibility index (Phi) is 6.28. The lowest BCUT2D eigenvalue weighted by Gasteiger charge is -2.17. The van der Waals surface area contributed by atoms with Gasteiger partial charge in [-0.05, 0) is 30.7 Å². The highest BCUT2D eigenvalue weighted by molar-refractivity contribution is 8.14. The zero-order valence-corrected chi connectivity index (χ0v) is 15.3. The van der Waals surface area contributed by atoms with Crippen LogP contribution in [-0.2, 0) is 15.8 Å². The van der Waals surface area contributed by atoms with Crippen LogP contribution in [0.5, 0.6) is 0 Å². The Morgan fingerprint density at radius 3 is 2.38 bits per heavy atom. The normalized spacial score (nSPS) is 11.8. The van der Waals surface area contributed by atoms with Crippen molar-refractivity contribution in [2.45, 2.75) is 18.7 Å². The number of hydrogen-bond donors (Lipinski definition) is 0. The number of benzene rings is 1. The van der Waals surface area contributed by atoms with Crippen LogP contribution in [0.25, 0.3) is 0 Å². The van der Waals surface area contributed by atoms with Crippen LogP contribution in [0.1, 0.15) is 22.8 Å². The van der Waals surface area contributed by atoms with Crippen molar-refractivity contribution < 1.29 is 13.8 Å². The van der Waals surface area contributed by atoms with Gasteiger partial charge in [-0.2, -0.15) is 0 Å². The molecule has 24 heavy (non-hydrogen) atoms. The van der Waals surface area contributed by atoms with Gasteiger partial charge in [-0.3, -0.25) is 13.9 Å². The Labute approximate surface area is 148 Å². The summed E-state index contributed by atoms with van der Waals surface area (Å²) < 4.78 is 14.2. The highest BCUT2D eigenvalue weighted by atomic mass is 32.2. The molecule has 126 valence electrons. The maximum absolute atomic E-state index is 12.6. The standard InChI is InChI=1S/C17H18N2O3S2/c1-12-4-9-17(18-10-12)19(3)24(22)15-7-5-14(6-8-15)16(21)11-23-13(2)20/h4-10H,11H2,1-3H3. The number of hydrogen-bond acceptors (Lipinski definition) is 5. The summed E-state index contributed by atoms with van der Waals surface area (Å²) in [5.74, 6) is 0.600. The molecular weight excluding hydrogens is 344 g/mol. The minimum absolute atomic E-state index is 0.0895. The monoisotopic (exact) mass is 362 g/mol. The van der Waals surface area contributed by atoms with Crippen LogP contribution < -0.4 is 4.31 Å². The molecule has 1 atom stereocenters. The fourth-order valence-corrected chi connectivity index (χ4v) is 3.36.